The van der Waals surface area contributed by atoms with Crippen molar-refractivity contribution < 1.29 is 9.90 Å². The molecular formula is C9H14N2O2S. The molecule has 0 aliphatic heterocycles. The molecule has 0 atom stereocenters. The van der Waals surface area contributed by atoms with Gasteiger partial charge in [0.25, 0.3) is 0 Å². The van der Waals surface area contributed by atoms with Crippen molar-refractivity contribution in [2.75, 3.05) is 13.1 Å². The number of nitrogens with zero attached hydrogens (tertiary/aromatic N) is 2. The van der Waals surface area contributed by atoms with Gasteiger partial charge in [0.1, 0.15) is 0 Å². The first-order chi connectivity index (χ1) is 6.69. The summed E-state index contributed by atoms with van der Waals surface area (Å²) in [5.41, 5.74) is 1.78. The topological polar surface area (TPSA) is 53.4 Å². The number of carboxylic acid groups (broad SMARTS) is 1. The minimum atomic E-state index is -0.937. The molecule has 1 aromatic heterocycles. The molecule has 5 heteroatoms. The number of rotatable bonds is 5. The van der Waals surface area contributed by atoms with Gasteiger partial charge in [0.15, 0.2) is 5.69 Å². The van der Waals surface area contributed by atoms with Gasteiger partial charge < -0.3 is 5.11 Å². The van der Waals surface area contributed by atoms with E-state index in [1.165, 1.54) is 11.3 Å². The number of thiazole rings is 1. The summed E-state index contributed by atoms with van der Waals surface area (Å²) in [6, 6.07) is 0. The van der Waals surface area contributed by atoms with Crippen molar-refractivity contribution in [3.05, 3.63) is 16.1 Å². The third kappa shape index (κ3) is 2.52. The normalized spacial score (nSPS) is 10.8. The number of aromatic nitrogens is 1. The van der Waals surface area contributed by atoms with E-state index in [1.807, 2.05) is 0 Å². The zero-order valence-electron chi connectivity index (χ0n) is 8.36. The van der Waals surface area contributed by atoms with Crippen molar-refractivity contribution in [2.45, 2.75) is 20.4 Å². The molecule has 78 valence electrons. The first-order valence-electron chi connectivity index (χ1n) is 4.57. The highest BCUT2D eigenvalue weighted by atomic mass is 32.1. The lowest BCUT2D eigenvalue weighted by Gasteiger charge is -2.16. The summed E-state index contributed by atoms with van der Waals surface area (Å²) in [7, 11) is 0. The molecule has 0 spiro atoms. The summed E-state index contributed by atoms with van der Waals surface area (Å²) in [4.78, 5) is 17.6. The van der Waals surface area contributed by atoms with E-state index in [1.54, 1.807) is 5.51 Å². The fourth-order valence-corrected chi connectivity index (χ4v) is 2.00. The van der Waals surface area contributed by atoms with Crippen LogP contribution < -0.4 is 0 Å². The van der Waals surface area contributed by atoms with Crippen LogP contribution in [-0.4, -0.2) is 34.0 Å². The van der Waals surface area contributed by atoms with Gasteiger partial charge in [-0.2, -0.15) is 0 Å². The third-order valence-electron chi connectivity index (χ3n) is 2.11. The van der Waals surface area contributed by atoms with Gasteiger partial charge in [0.05, 0.1) is 10.4 Å². The fraction of sp³-hybridized carbons (Fsp3) is 0.556. The Kier molecular flexibility index (Phi) is 4.03. The molecule has 0 fully saturated rings. The van der Waals surface area contributed by atoms with Gasteiger partial charge >= 0.3 is 5.97 Å². The summed E-state index contributed by atoms with van der Waals surface area (Å²) in [6.07, 6.45) is 0. The highest BCUT2D eigenvalue weighted by Crippen LogP contribution is 2.15. The van der Waals surface area contributed by atoms with E-state index in [0.717, 1.165) is 18.0 Å². The Morgan fingerprint density at radius 2 is 2.21 bits per heavy atom. The first kappa shape index (κ1) is 11.1. The molecule has 0 saturated heterocycles. The fourth-order valence-electron chi connectivity index (χ4n) is 1.21. The van der Waals surface area contributed by atoms with Gasteiger partial charge in [0, 0.05) is 6.54 Å². The molecule has 0 unspecified atom stereocenters. The van der Waals surface area contributed by atoms with E-state index < -0.39 is 5.97 Å². The van der Waals surface area contributed by atoms with Crippen molar-refractivity contribution in [3.8, 4) is 0 Å². The highest BCUT2D eigenvalue weighted by Gasteiger charge is 2.14. The Labute approximate surface area is 87.2 Å². The molecule has 0 radical (unpaired) electrons. The van der Waals surface area contributed by atoms with Crippen LogP contribution in [0.4, 0.5) is 0 Å². The van der Waals surface area contributed by atoms with Crippen molar-refractivity contribution in [1.82, 2.24) is 9.88 Å². The maximum absolute atomic E-state index is 10.8. The smallest absolute Gasteiger partial charge is 0.355 e. The van der Waals surface area contributed by atoms with Crippen LogP contribution in [0.5, 0.6) is 0 Å². The van der Waals surface area contributed by atoms with Crippen LogP contribution in [0, 0.1) is 0 Å². The van der Waals surface area contributed by atoms with E-state index in [2.05, 4.69) is 23.7 Å². The van der Waals surface area contributed by atoms with E-state index in [0.29, 0.717) is 6.54 Å². The molecule has 14 heavy (non-hydrogen) atoms. The number of carboxylic acids is 1. The Balaban J connectivity index is 2.75. The number of aromatic carboxylic acids is 1. The zero-order chi connectivity index (χ0) is 10.6. The van der Waals surface area contributed by atoms with Crippen molar-refractivity contribution >= 4 is 17.3 Å². The van der Waals surface area contributed by atoms with Crippen LogP contribution in [0.2, 0.25) is 0 Å². The molecule has 0 aliphatic carbocycles. The summed E-state index contributed by atoms with van der Waals surface area (Å²) in [5, 5.41) is 8.84. The predicted octanol–water partition coefficient (Wildman–Crippen LogP) is 1.68. The minimum Gasteiger partial charge on any atom is -0.476 e. The maximum atomic E-state index is 10.8. The van der Waals surface area contributed by atoms with Gasteiger partial charge in [0.2, 0.25) is 0 Å². The third-order valence-corrected chi connectivity index (χ3v) is 2.92. The van der Waals surface area contributed by atoms with Crippen molar-refractivity contribution in [3.63, 3.8) is 0 Å². The van der Waals surface area contributed by atoms with Crippen LogP contribution in [0.1, 0.15) is 29.2 Å². The molecule has 0 saturated carbocycles. The molecule has 0 aliphatic rings. The van der Waals surface area contributed by atoms with Gasteiger partial charge in [-0.3, -0.25) is 4.90 Å². The lowest BCUT2D eigenvalue weighted by Crippen LogP contribution is -2.22. The Morgan fingerprint density at radius 3 is 2.71 bits per heavy atom. The molecule has 0 aromatic carbocycles. The van der Waals surface area contributed by atoms with Crippen molar-refractivity contribution in [1.29, 1.82) is 0 Å². The highest BCUT2D eigenvalue weighted by molar-refractivity contribution is 7.09. The van der Waals surface area contributed by atoms with Crippen LogP contribution in [0.15, 0.2) is 5.51 Å². The largest absolute Gasteiger partial charge is 0.476 e. The monoisotopic (exact) mass is 214 g/mol. The summed E-state index contributed by atoms with van der Waals surface area (Å²) < 4.78 is 0. The number of hydrogen-bond acceptors (Lipinski definition) is 4. The molecule has 1 aromatic rings. The summed E-state index contributed by atoms with van der Waals surface area (Å²) in [6.45, 7) is 6.65. The van der Waals surface area contributed by atoms with Gasteiger partial charge in [-0.1, -0.05) is 13.8 Å². The van der Waals surface area contributed by atoms with Crippen LogP contribution in [0.25, 0.3) is 0 Å². The van der Waals surface area contributed by atoms with Crippen molar-refractivity contribution in [2.24, 2.45) is 0 Å². The maximum Gasteiger partial charge on any atom is 0.355 e. The van der Waals surface area contributed by atoms with E-state index >= 15 is 0 Å². The minimum absolute atomic E-state index is 0.196. The molecule has 0 amide bonds. The van der Waals surface area contributed by atoms with E-state index in [-0.39, 0.29) is 5.69 Å². The molecule has 4 nitrogen and oxygen atoms in total. The van der Waals surface area contributed by atoms with E-state index in [4.69, 9.17) is 5.11 Å². The van der Waals surface area contributed by atoms with E-state index in [9.17, 15) is 4.79 Å². The zero-order valence-corrected chi connectivity index (χ0v) is 9.17. The molecule has 0 bridgehead atoms. The molecule has 1 rings (SSSR count). The standard InChI is InChI=1S/C9H14N2O2S/c1-3-11(4-2)5-7-8(9(12)13)10-6-14-7/h6H,3-5H2,1-2H3,(H,12,13). The van der Waals surface area contributed by atoms with Gasteiger partial charge in [-0.15, -0.1) is 11.3 Å². The van der Waals surface area contributed by atoms with Gasteiger partial charge in [-0.05, 0) is 13.1 Å². The quantitative estimate of drug-likeness (QED) is 0.810. The average molecular weight is 214 g/mol. The Bertz CT molecular complexity index is 308. The molecular weight excluding hydrogens is 200 g/mol. The second kappa shape index (κ2) is 5.07. The summed E-state index contributed by atoms with van der Waals surface area (Å²) in [5.74, 6) is -0.937. The van der Waals surface area contributed by atoms with Crippen LogP contribution >= 0.6 is 11.3 Å². The number of carbonyl (C=O) groups is 1. The lowest BCUT2D eigenvalue weighted by molar-refractivity contribution is 0.0689. The van der Waals surface area contributed by atoms with Gasteiger partial charge in [-0.25, -0.2) is 9.78 Å². The van der Waals surface area contributed by atoms with Crippen LogP contribution in [-0.2, 0) is 6.54 Å². The predicted molar refractivity (Wildman–Crippen MR) is 55.7 cm³/mol. The first-order valence-corrected chi connectivity index (χ1v) is 5.45. The number of hydrogen-bond donors (Lipinski definition) is 1. The van der Waals surface area contributed by atoms with Crippen LogP contribution in [0.3, 0.4) is 0 Å². The summed E-state index contributed by atoms with van der Waals surface area (Å²) >= 11 is 1.40. The molecule has 1 N–H and O–H groups in total. The second-order valence-electron chi connectivity index (χ2n) is 2.89. The average Bonchev–Trinajstić information content (AvgIpc) is 2.62. The SMILES string of the molecule is CCN(CC)Cc1scnc1C(=O)O. The Morgan fingerprint density at radius 1 is 1.57 bits per heavy atom. The molecule has 1 heterocycles. The Hall–Kier alpha value is -0.940. The second-order valence-corrected chi connectivity index (χ2v) is 3.83. The lowest BCUT2D eigenvalue weighted by atomic mass is 10.3.